The molecule has 13 rings (SSSR count). The Hall–Kier alpha value is -8.58. The fraction of sp³-hybridized carbons (Fsp3) is 0. The first-order valence-corrected chi connectivity index (χ1v) is 22.9. The first-order valence-electron chi connectivity index (χ1n) is 22.9. The first kappa shape index (κ1) is 37.9. The quantitative estimate of drug-likeness (QED) is 0.116. The number of hydrogen-bond acceptors (Lipinski definition) is 0. The molecule has 0 saturated heterocycles. The van der Waals surface area contributed by atoms with E-state index < -0.39 is 0 Å². The Bertz CT molecular complexity index is 4060. The summed E-state index contributed by atoms with van der Waals surface area (Å²) in [7, 11) is 0. The average molecular weight is 835 g/mol. The van der Waals surface area contributed by atoms with Gasteiger partial charge in [-0.25, -0.2) is 0 Å². The Kier molecular flexibility index (Phi) is 8.96. The van der Waals surface area contributed by atoms with Crippen LogP contribution in [0.1, 0.15) is 0 Å². The zero-order valence-corrected chi connectivity index (χ0v) is 36.2. The van der Waals surface area contributed by atoms with Crippen molar-refractivity contribution in [3.8, 4) is 66.8 Å². The smallest absolute Gasteiger partial charge is 0.00264 e. The minimum Gasteiger partial charge on any atom is -0.0616 e. The van der Waals surface area contributed by atoms with Gasteiger partial charge in [0.05, 0.1) is 0 Å². The second kappa shape index (κ2) is 15.6. The maximum atomic E-state index is 2.42. The molecule has 0 aliphatic rings. The monoisotopic (exact) mass is 834 g/mol. The van der Waals surface area contributed by atoms with Crippen molar-refractivity contribution in [3.05, 3.63) is 255 Å². The van der Waals surface area contributed by atoms with E-state index >= 15 is 0 Å². The van der Waals surface area contributed by atoms with Crippen LogP contribution in [0.4, 0.5) is 0 Å². The van der Waals surface area contributed by atoms with E-state index in [-0.39, 0.29) is 0 Å². The third-order valence-corrected chi connectivity index (χ3v) is 13.7. The molecule has 0 bridgehead atoms. The molecule has 0 heterocycles. The summed E-state index contributed by atoms with van der Waals surface area (Å²) in [4.78, 5) is 0. The zero-order valence-electron chi connectivity index (χ0n) is 36.2. The molecule has 66 heavy (non-hydrogen) atoms. The number of benzene rings is 13. The highest BCUT2D eigenvalue weighted by Gasteiger charge is 2.15. The predicted octanol–water partition coefficient (Wildman–Crippen LogP) is 18.6. The lowest BCUT2D eigenvalue weighted by Gasteiger charge is -2.16. The van der Waals surface area contributed by atoms with E-state index in [1.54, 1.807) is 0 Å². The maximum absolute atomic E-state index is 2.42. The standard InChI is InChI=1S/C66H42/c1-3-13-46-34-53(25-22-43(46)10-1)48-15-7-17-50(36-48)56-31-33-64-61(40-56)41-59-29-27-57(51-18-8-16-49(37-51)54-26-23-44-11-2-4-14-47(44)35-54)42-65(59)66(64)60-20-9-19-52(39-60)55-30-32-63-58(38-55)28-24-45-12-5-6-21-62(45)63/h1-42H. The molecule has 0 amide bonds. The van der Waals surface area contributed by atoms with Gasteiger partial charge in [0.25, 0.3) is 0 Å². The van der Waals surface area contributed by atoms with E-state index in [0.29, 0.717) is 0 Å². The molecule has 13 aromatic rings. The van der Waals surface area contributed by atoms with Gasteiger partial charge in [0, 0.05) is 0 Å². The lowest BCUT2D eigenvalue weighted by Crippen LogP contribution is -1.90. The third kappa shape index (κ3) is 6.71. The van der Waals surface area contributed by atoms with Crippen molar-refractivity contribution in [2.24, 2.45) is 0 Å². The minimum absolute atomic E-state index is 1.20. The summed E-state index contributed by atoms with van der Waals surface area (Å²) in [6.07, 6.45) is 0. The van der Waals surface area contributed by atoms with Gasteiger partial charge >= 0.3 is 0 Å². The van der Waals surface area contributed by atoms with Crippen molar-refractivity contribution in [3.63, 3.8) is 0 Å². The molecule has 0 saturated carbocycles. The van der Waals surface area contributed by atoms with Crippen LogP contribution in [0.15, 0.2) is 255 Å². The molecular weight excluding hydrogens is 793 g/mol. The lowest BCUT2D eigenvalue weighted by molar-refractivity contribution is 1.60. The molecule has 0 unspecified atom stereocenters. The van der Waals surface area contributed by atoms with Crippen molar-refractivity contribution in [2.75, 3.05) is 0 Å². The van der Waals surface area contributed by atoms with Crippen LogP contribution >= 0.6 is 0 Å². The molecule has 0 atom stereocenters. The molecule has 306 valence electrons. The molecule has 0 nitrogen and oxygen atoms in total. The Balaban J connectivity index is 0.957. The Labute approximate surface area is 384 Å². The summed E-state index contributed by atoms with van der Waals surface area (Å²) in [5.74, 6) is 0. The van der Waals surface area contributed by atoms with Crippen molar-refractivity contribution in [1.82, 2.24) is 0 Å². The second-order valence-electron chi connectivity index (χ2n) is 17.7. The molecule has 0 radical (unpaired) electrons. The van der Waals surface area contributed by atoms with Gasteiger partial charge < -0.3 is 0 Å². The van der Waals surface area contributed by atoms with E-state index in [1.807, 2.05) is 0 Å². The van der Waals surface area contributed by atoms with Crippen LogP contribution in [0.25, 0.3) is 131 Å². The van der Waals surface area contributed by atoms with Gasteiger partial charge in [0.2, 0.25) is 0 Å². The van der Waals surface area contributed by atoms with Gasteiger partial charge in [0.1, 0.15) is 0 Å². The van der Waals surface area contributed by atoms with E-state index in [9.17, 15) is 0 Å². The average Bonchev–Trinajstić information content (AvgIpc) is 3.39. The predicted molar refractivity (Wildman–Crippen MR) is 284 cm³/mol. The van der Waals surface area contributed by atoms with Crippen LogP contribution < -0.4 is 0 Å². The van der Waals surface area contributed by atoms with Crippen molar-refractivity contribution < 1.29 is 0 Å². The molecule has 13 aromatic carbocycles. The Morgan fingerprint density at radius 1 is 0.136 bits per heavy atom. The number of fused-ring (bicyclic) bond motifs is 7. The summed E-state index contributed by atoms with van der Waals surface area (Å²) >= 11 is 0. The highest BCUT2D eigenvalue weighted by atomic mass is 14.2. The zero-order chi connectivity index (χ0) is 43.6. The molecule has 0 fully saturated rings. The fourth-order valence-electron chi connectivity index (χ4n) is 10.3. The molecule has 0 heteroatoms. The third-order valence-electron chi connectivity index (χ3n) is 13.7. The van der Waals surface area contributed by atoms with E-state index in [2.05, 4.69) is 255 Å². The van der Waals surface area contributed by atoms with Crippen LogP contribution in [0.5, 0.6) is 0 Å². The minimum atomic E-state index is 1.20. The Morgan fingerprint density at radius 3 is 1.08 bits per heavy atom. The van der Waals surface area contributed by atoms with Crippen LogP contribution in [0.3, 0.4) is 0 Å². The van der Waals surface area contributed by atoms with E-state index in [0.717, 1.165) is 0 Å². The van der Waals surface area contributed by atoms with E-state index in [1.165, 1.54) is 131 Å². The molecular formula is C66H42. The molecule has 0 N–H and O–H groups in total. The Morgan fingerprint density at radius 2 is 0.485 bits per heavy atom. The van der Waals surface area contributed by atoms with Crippen molar-refractivity contribution in [1.29, 1.82) is 0 Å². The summed E-state index contributed by atoms with van der Waals surface area (Å²) in [5, 5.41) is 15.0. The first-order chi connectivity index (χ1) is 32.6. The molecule has 0 aliphatic heterocycles. The van der Waals surface area contributed by atoms with Crippen molar-refractivity contribution in [2.45, 2.75) is 0 Å². The van der Waals surface area contributed by atoms with Crippen LogP contribution in [-0.4, -0.2) is 0 Å². The molecule has 0 spiro atoms. The van der Waals surface area contributed by atoms with Gasteiger partial charge in [-0.1, -0.05) is 200 Å². The number of rotatable bonds is 6. The fourth-order valence-corrected chi connectivity index (χ4v) is 10.3. The van der Waals surface area contributed by atoms with Gasteiger partial charge in [-0.15, -0.1) is 0 Å². The largest absolute Gasteiger partial charge is 0.0616 e. The summed E-state index contributed by atoms with van der Waals surface area (Å²) in [5.41, 5.74) is 14.6. The van der Waals surface area contributed by atoms with Crippen molar-refractivity contribution >= 4 is 64.6 Å². The van der Waals surface area contributed by atoms with E-state index in [4.69, 9.17) is 0 Å². The highest BCUT2D eigenvalue weighted by Crippen LogP contribution is 2.42. The second-order valence-corrected chi connectivity index (χ2v) is 17.7. The lowest BCUT2D eigenvalue weighted by atomic mass is 9.87. The van der Waals surface area contributed by atoms with Gasteiger partial charge in [0.15, 0.2) is 0 Å². The van der Waals surface area contributed by atoms with Gasteiger partial charge in [-0.3, -0.25) is 0 Å². The summed E-state index contributed by atoms with van der Waals surface area (Å²) in [6.45, 7) is 0. The molecule has 0 aromatic heterocycles. The SMILES string of the molecule is c1cc(-c2ccc3ccccc3c2)cc(-c2ccc3c(-c4cccc(-c5ccc6c(ccc7ccccc76)c5)c4)c4cc(-c5cccc(-c6ccc7ccccc7c6)c5)ccc4cc3c2)c1. The van der Waals surface area contributed by atoms with Gasteiger partial charge in [-0.2, -0.15) is 0 Å². The van der Waals surface area contributed by atoms with Crippen LogP contribution in [0.2, 0.25) is 0 Å². The van der Waals surface area contributed by atoms with Crippen LogP contribution in [0, 0.1) is 0 Å². The topological polar surface area (TPSA) is 0 Å². The number of hydrogen-bond donors (Lipinski definition) is 0. The summed E-state index contributed by atoms with van der Waals surface area (Å²) < 4.78 is 0. The van der Waals surface area contributed by atoms with Gasteiger partial charge in [-0.05, 0) is 186 Å². The normalized spacial score (nSPS) is 11.6. The molecule has 0 aliphatic carbocycles. The highest BCUT2D eigenvalue weighted by molar-refractivity contribution is 6.15. The maximum Gasteiger partial charge on any atom is -0.00264 e. The summed E-state index contributed by atoms with van der Waals surface area (Å²) in [6, 6.07) is 94.4. The van der Waals surface area contributed by atoms with Crippen LogP contribution in [-0.2, 0) is 0 Å².